The molecule has 28 heavy (non-hydrogen) atoms. The molecule has 0 radical (unpaired) electrons. The second-order valence-corrected chi connectivity index (χ2v) is 8.97. The van der Waals surface area contributed by atoms with Gasteiger partial charge in [0.05, 0.1) is 17.0 Å². The van der Waals surface area contributed by atoms with E-state index in [0.29, 0.717) is 21.7 Å². The molecule has 0 fully saturated rings. The van der Waals surface area contributed by atoms with E-state index in [1.807, 2.05) is 24.3 Å². The molecule has 4 aromatic rings. The van der Waals surface area contributed by atoms with Gasteiger partial charge < -0.3 is 4.42 Å². The van der Waals surface area contributed by atoms with Gasteiger partial charge in [-0.25, -0.2) is 4.98 Å². The third-order valence-electron chi connectivity index (χ3n) is 4.62. The second kappa shape index (κ2) is 6.65. The molecule has 1 atom stereocenters. The van der Waals surface area contributed by atoms with Crippen molar-refractivity contribution in [1.29, 1.82) is 0 Å². The Morgan fingerprint density at radius 2 is 1.89 bits per heavy atom. The number of hydrogen-bond acceptors (Lipinski definition) is 5. The third kappa shape index (κ3) is 2.67. The third-order valence-corrected chi connectivity index (χ3v) is 6.38. The molecule has 8 heteroatoms. The van der Waals surface area contributed by atoms with E-state index in [0.717, 1.165) is 14.5 Å². The summed E-state index contributed by atoms with van der Waals surface area (Å²) in [7, 11) is 0. The van der Waals surface area contributed by atoms with Crippen LogP contribution < -0.4 is 10.3 Å². The molecule has 1 amide bonds. The van der Waals surface area contributed by atoms with Crippen LogP contribution in [-0.2, 0) is 0 Å². The molecule has 3 heterocycles. The fourth-order valence-electron chi connectivity index (χ4n) is 3.47. The Morgan fingerprint density at radius 3 is 2.64 bits per heavy atom. The summed E-state index contributed by atoms with van der Waals surface area (Å²) in [4.78, 5) is 32.5. The highest BCUT2D eigenvalue weighted by molar-refractivity contribution is 9.10. The molecule has 0 bridgehead atoms. The normalized spacial score (nSPS) is 16.0. The molecule has 138 valence electrons. The van der Waals surface area contributed by atoms with Crippen molar-refractivity contribution in [1.82, 2.24) is 4.98 Å². The average molecular weight is 518 g/mol. The SMILES string of the molecule is O=C1c2oc3ccc(Br)cc3c(=O)c2C(c2cccc(Br)c2)N1c1nccs1. The standard InChI is InChI=1S/C20H10Br2N2O3S/c21-11-3-1-2-10(8-11)16-15-17(25)13-9-12(22)4-5-14(13)27-18(15)19(26)24(16)20-23-6-7-28-20/h1-9,16H. The first-order chi connectivity index (χ1) is 13.5. The minimum Gasteiger partial charge on any atom is -0.450 e. The van der Waals surface area contributed by atoms with Gasteiger partial charge in [-0.05, 0) is 35.9 Å². The molecule has 1 unspecified atom stereocenters. The maximum atomic E-state index is 13.4. The maximum Gasteiger partial charge on any atom is 0.297 e. The van der Waals surface area contributed by atoms with E-state index in [9.17, 15) is 9.59 Å². The number of benzene rings is 2. The number of anilines is 1. The van der Waals surface area contributed by atoms with Crippen LogP contribution >= 0.6 is 43.2 Å². The fourth-order valence-corrected chi connectivity index (χ4v) is 4.91. The molecular weight excluding hydrogens is 508 g/mol. The molecule has 0 spiro atoms. The number of halogens is 2. The number of nitrogens with zero attached hydrogens (tertiary/aromatic N) is 2. The highest BCUT2D eigenvalue weighted by Gasteiger charge is 2.44. The Bertz CT molecular complexity index is 1300. The van der Waals surface area contributed by atoms with Crippen LogP contribution in [-0.4, -0.2) is 10.9 Å². The summed E-state index contributed by atoms with van der Waals surface area (Å²) in [5.41, 5.74) is 1.31. The number of carbonyl (C=O) groups excluding carboxylic acids is 1. The lowest BCUT2D eigenvalue weighted by molar-refractivity contribution is 0.0971. The number of amides is 1. The van der Waals surface area contributed by atoms with E-state index < -0.39 is 6.04 Å². The zero-order valence-electron chi connectivity index (χ0n) is 14.1. The van der Waals surface area contributed by atoms with Crippen LogP contribution in [0.25, 0.3) is 11.0 Å². The average Bonchev–Trinajstić information content (AvgIpc) is 3.29. The predicted molar refractivity (Wildman–Crippen MR) is 115 cm³/mol. The van der Waals surface area contributed by atoms with Crippen LogP contribution in [0.1, 0.15) is 27.7 Å². The molecule has 1 aliphatic rings. The van der Waals surface area contributed by atoms with Crippen LogP contribution in [0, 0.1) is 0 Å². The highest BCUT2D eigenvalue weighted by Crippen LogP contribution is 2.42. The second-order valence-electron chi connectivity index (χ2n) is 6.26. The number of fused-ring (bicyclic) bond motifs is 2. The van der Waals surface area contributed by atoms with Crippen molar-refractivity contribution < 1.29 is 9.21 Å². The molecule has 2 aromatic carbocycles. The van der Waals surface area contributed by atoms with Crippen LogP contribution in [0.4, 0.5) is 5.13 Å². The van der Waals surface area contributed by atoms with Gasteiger partial charge in [0.1, 0.15) is 5.58 Å². The first kappa shape index (κ1) is 17.8. The van der Waals surface area contributed by atoms with Crippen molar-refractivity contribution >= 4 is 65.2 Å². The zero-order chi connectivity index (χ0) is 19.4. The van der Waals surface area contributed by atoms with Gasteiger partial charge in [0, 0.05) is 20.5 Å². The van der Waals surface area contributed by atoms with Gasteiger partial charge in [0.25, 0.3) is 5.91 Å². The van der Waals surface area contributed by atoms with Crippen LogP contribution in [0.2, 0.25) is 0 Å². The molecule has 1 aliphatic heterocycles. The minimum atomic E-state index is -0.606. The van der Waals surface area contributed by atoms with Crippen molar-refractivity contribution in [2.75, 3.05) is 4.90 Å². The largest absolute Gasteiger partial charge is 0.450 e. The number of hydrogen-bond donors (Lipinski definition) is 0. The number of thiazole rings is 1. The van der Waals surface area contributed by atoms with E-state index in [2.05, 4.69) is 36.8 Å². The van der Waals surface area contributed by atoms with Crippen molar-refractivity contribution in [2.24, 2.45) is 0 Å². The van der Waals surface area contributed by atoms with Gasteiger partial charge in [0.2, 0.25) is 5.76 Å². The molecule has 5 nitrogen and oxygen atoms in total. The Kier molecular flexibility index (Phi) is 4.22. The van der Waals surface area contributed by atoms with E-state index in [1.165, 1.54) is 16.2 Å². The summed E-state index contributed by atoms with van der Waals surface area (Å²) in [6.45, 7) is 0. The minimum absolute atomic E-state index is 0.0694. The van der Waals surface area contributed by atoms with E-state index in [4.69, 9.17) is 4.42 Å². The molecule has 2 aromatic heterocycles. The van der Waals surface area contributed by atoms with E-state index in [1.54, 1.807) is 29.8 Å². The summed E-state index contributed by atoms with van der Waals surface area (Å²) < 4.78 is 7.55. The lowest BCUT2D eigenvalue weighted by Gasteiger charge is -2.22. The Hall–Kier alpha value is -2.29. The predicted octanol–water partition coefficient (Wildman–Crippen LogP) is 5.52. The molecule has 0 saturated carbocycles. The van der Waals surface area contributed by atoms with Crippen molar-refractivity contribution in [3.05, 3.63) is 90.1 Å². The van der Waals surface area contributed by atoms with E-state index >= 15 is 0 Å². The molecule has 0 N–H and O–H groups in total. The van der Waals surface area contributed by atoms with Crippen molar-refractivity contribution in [3.8, 4) is 0 Å². The van der Waals surface area contributed by atoms with Crippen molar-refractivity contribution in [2.45, 2.75) is 6.04 Å². The molecule has 0 saturated heterocycles. The van der Waals surface area contributed by atoms with Crippen molar-refractivity contribution in [3.63, 3.8) is 0 Å². The van der Waals surface area contributed by atoms with Crippen LogP contribution in [0.5, 0.6) is 0 Å². The van der Waals surface area contributed by atoms with Gasteiger partial charge in [0.15, 0.2) is 10.6 Å². The molecule has 0 aliphatic carbocycles. The fraction of sp³-hybridized carbons (Fsp3) is 0.0500. The topological polar surface area (TPSA) is 63.4 Å². The Balaban J connectivity index is 1.85. The lowest BCUT2D eigenvalue weighted by Crippen LogP contribution is -2.29. The zero-order valence-corrected chi connectivity index (χ0v) is 18.0. The van der Waals surface area contributed by atoms with Gasteiger partial charge >= 0.3 is 0 Å². The lowest BCUT2D eigenvalue weighted by atomic mass is 9.99. The van der Waals surface area contributed by atoms with Crippen LogP contribution in [0.15, 0.2) is 72.2 Å². The van der Waals surface area contributed by atoms with Gasteiger partial charge in [-0.15, -0.1) is 11.3 Å². The first-order valence-electron chi connectivity index (χ1n) is 8.29. The maximum absolute atomic E-state index is 13.4. The van der Waals surface area contributed by atoms with Crippen LogP contribution in [0.3, 0.4) is 0 Å². The summed E-state index contributed by atoms with van der Waals surface area (Å²) in [5, 5.41) is 2.75. The van der Waals surface area contributed by atoms with Gasteiger partial charge in [-0.2, -0.15) is 0 Å². The monoisotopic (exact) mass is 516 g/mol. The number of aromatic nitrogens is 1. The number of carbonyl (C=O) groups is 1. The summed E-state index contributed by atoms with van der Waals surface area (Å²) >= 11 is 8.22. The highest BCUT2D eigenvalue weighted by atomic mass is 79.9. The summed E-state index contributed by atoms with van der Waals surface area (Å²) in [6, 6.07) is 12.1. The summed E-state index contributed by atoms with van der Waals surface area (Å²) in [6.07, 6.45) is 1.64. The smallest absolute Gasteiger partial charge is 0.297 e. The Labute approximate surface area is 179 Å². The molecular formula is C20H10Br2N2O3S. The molecule has 5 rings (SSSR count). The van der Waals surface area contributed by atoms with Gasteiger partial charge in [-0.3, -0.25) is 14.5 Å². The first-order valence-corrected chi connectivity index (χ1v) is 10.8. The van der Waals surface area contributed by atoms with E-state index in [-0.39, 0.29) is 17.1 Å². The number of rotatable bonds is 2. The summed E-state index contributed by atoms with van der Waals surface area (Å²) in [5.74, 6) is -0.295. The Morgan fingerprint density at radius 1 is 1.07 bits per heavy atom. The van der Waals surface area contributed by atoms with Gasteiger partial charge in [-0.1, -0.05) is 44.0 Å². The quantitative estimate of drug-likeness (QED) is 0.351.